The van der Waals surface area contributed by atoms with Gasteiger partial charge in [-0.15, -0.1) is 0 Å². The third-order valence-corrected chi connectivity index (χ3v) is 4.75. The second kappa shape index (κ2) is 5.88. The van der Waals surface area contributed by atoms with Crippen LogP contribution in [-0.2, 0) is 14.6 Å². The molecule has 7 nitrogen and oxygen atoms in total. The van der Waals surface area contributed by atoms with Crippen LogP contribution in [0, 0.1) is 13.8 Å². The molecule has 1 amide bonds. The molecule has 0 saturated carbocycles. The highest BCUT2D eigenvalue weighted by molar-refractivity contribution is 7.92. The molecule has 1 unspecified atom stereocenters. The molecule has 0 fully saturated rings. The van der Waals surface area contributed by atoms with Gasteiger partial charge in [-0.3, -0.25) is 4.79 Å². The van der Waals surface area contributed by atoms with Crippen molar-refractivity contribution in [1.82, 2.24) is 14.8 Å². The van der Waals surface area contributed by atoms with E-state index >= 15 is 0 Å². The minimum atomic E-state index is -3.42. The van der Waals surface area contributed by atoms with Crippen LogP contribution in [-0.4, -0.2) is 40.6 Å². The van der Waals surface area contributed by atoms with Crippen LogP contribution < -0.4 is 5.32 Å². The first-order valence-electron chi connectivity index (χ1n) is 6.68. The summed E-state index contributed by atoms with van der Waals surface area (Å²) in [5.41, 5.74) is 2.27. The molecular weight excluding hydrogens is 304 g/mol. The van der Waals surface area contributed by atoms with Gasteiger partial charge in [-0.1, -0.05) is 0 Å². The van der Waals surface area contributed by atoms with Gasteiger partial charge < -0.3 is 5.32 Å². The standard InChI is InChI=1S/C14H18N4O3S/c1-9-7-10(2)18(17-9)13-6-5-12(8-15-13)16-14(19)11(3)22(4,20)21/h5-8,11H,1-4H3,(H,16,19). The van der Waals surface area contributed by atoms with Gasteiger partial charge in [-0.2, -0.15) is 5.10 Å². The van der Waals surface area contributed by atoms with E-state index in [0.29, 0.717) is 11.5 Å². The lowest BCUT2D eigenvalue weighted by molar-refractivity contribution is -0.115. The second-order valence-electron chi connectivity index (χ2n) is 5.20. The largest absolute Gasteiger partial charge is 0.324 e. The number of aryl methyl sites for hydroxylation is 2. The number of sulfone groups is 1. The minimum absolute atomic E-state index is 0.436. The highest BCUT2D eigenvalue weighted by Gasteiger charge is 2.23. The Morgan fingerprint density at radius 1 is 1.32 bits per heavy atom. The molecule has 2 aromatic heterocycles. The van der Waals surface area contributed by atoms with Crippen LogP contribution in [0.1, 0.15) is 18.3 Å². The van der Waals surface area contributed by atoms with E-state index in [-0.39, 0.29) is 0 Å². The van der Waals surface area contributed by atoms with E-state index in [2.05, 4.69) is 15.4 Å². The molecular formula is C14H18N4O3S. The number of nitrogens with zero attached hydrogens (tertiary/aromatic N) is 3. The van der Waals surface area contributed by atoms with Gasteiger partial charge in [0.15, 0.2) is 15.7 Å². The van der Waals surface area contributed by atoms with Gasteiger partial charge in [0.25, 0.3) is 0 Å². The molecule has 1 N–H and O–H groups in total. The normalized spacial score (nSPS) is 12.9. The average Bonchev–Trinajstić information content (AvgIpc) is 2.76. The third kappa shape index (κ3) is 3.51. The molecule has 0 aliphatic rings. The fourth-order valence-electron chi connectivity index (χ4n) is 1.88. The van der Waals surface area contributed by atoms with Gasteiger partial charge in [0.1, 0.15) is 5.25 Å². The van der Waals surface area contributed by atoms with E-state index < -0.39 is 21.0 Å². The molecule has 22 heavy (non-hydrogen) atoms. The Morgan fingerprint density at radius 2 is 2.00 bits per heavy atom. The summed E-state index contributed by atoms with van der Waals surface area (Å²) in [6, 6.07) is 5.30. The molecule has 118 valence electrons. The Labute approximate surface area is 129 Å². The summed E-state index contributed by atoms with van der Waals surface area (Å²) >= 11 is 0. The Balaban J connectivity index is 2.16. The van der Waals surface area contributed by atoms with Crippen molar-refractivity contribution < 1.29 is 13.2 Å². The molecule has 0 aliphatic carbocycles. The van der Waals surface area contributed by atoms with Crippen molar-refractivity contribution in [3.8, 4) is 5.82 Å². The monoisotopic (exact) mass is 322 g/mol. The van der Waals surface area contributed by atoms with E-state index in [1.165, 1.54) is 13.1 Å². The predicted molar refractivity (Wildman–Crippen MR) is 83.8 cm³/mol. The number of hydrogen-bond donors (Lipinski definition) is 1. The molecule has 0 bridgehead atoms. The van der Waals surface area contributed by atoms with Crippen molar-refractivity contribution in [2.45, 2.75) is 26.0 Å². The lowest BCUT2D eigenvalue weighted by Gasteiger charge is -2.10. The van der Waals surface area contributed by atoms with E-state index in [1.807, 2.05) is 19.9 Å². The van der Waals surface area contributed by atoms with Crippen molar-refractivity contribution in [2.75, 3.05) is 11.6 Å². The molecule has 0 aliphatic heterocycles. The van der Waals surface area contributed by atoms with E-state index in [0.717, 1.165) is 17.6 Å². The topological polar surface area (TPSA) is 94.0 Å². The van der Waals surface area contributed by atoms with Crippen LogP contribution in [0.5, 0.6) is 0 Å². The number of hydrogen-bond acceptors (Lipinski definition) is 5. The molecule has 0 spiro atoms. The van der Waals surface area contributed by atoms with Crippen LogP contribution in [0.3, 0.4) is 0 Å². The summed E-state index contributed by atoms with van der Waals surface area (Å²) in [5.74, 6) is 0.0444. The van der Waals surface area contributed by atoms with Crippen LogP contribution in [0.15, 0.2) is 24.4 Å². The maximum Gasteiger partial charge on any atom is 0.242 e. The van der Waals surface area contributed by atoms with E-state index in [4.69, 9.17) is 0 Å². The molecule has 1 atom stereocenters. The molecule has 8 heteroatoms. The zero-order valence-electron chi connectivity index (χ0n) is 12.9. The van der Waals surface area contributed by atoms with Crippen LogP contribution in [0.4, 0.5) is 5.69 Å². The Morgan fingerprint density at radius 3 is 2.45 bits per heavy atom. The minimum Gasteiger partial charge on any atom is -0.324 e. The third-order valence-electron chi connectivity index (χ3n) is 3.25. The highest BCUT2D eigenvalue weighted by atomic mass is 32.2. The molecule has 0 radical (unpaired) electrons. The van der Waals surface area contributed by atoms with E-state index in [9.17, 15) is 13.2 Å². The van der Waals surface area contributed by atoms with Gasteiger partial charge in [0, 0.05) is 11.9 Å². The van der Waals surface area contributed by atoms with Crippen molar-refractivity contribution in [3.63, 3.8) is 0 Å². The fraction of sp³-hybridized carbons (Fsp3) is 0.357. The van der Waals surface area contributed by atoms with Crippen molar-refractivity contribution in [3.05, 3.63) is 35.8 Å². The van der Waals surface area contributed by atoms with Crippen LogP contribution >= 0.6 is 0 Å². The zero-order valence-corrected chi connectivity index (χ0v) is 13.7. The summed E-state index contributed by atoms with van der Waals surface area (Å²) in [5, 5.41) is 5.75. The summed E-state index contributed by atoms with van der Waals surface area (Å²) in [6.07, 6.45) is 2.50. The van der Waals surface area contributed by atoms with Crippen LogP contribution in [0.2, 0.25) is 0 Å². The number of anilines is 1. The molecule has 2 rings (SSSR count). The van der Waals surface area contributed by atoms with Gasteiger partial charge in [-0.25, -0.2) is 18.1 Å². The maximum absolute atomic E-state index is 11.8. The fourth-order valence-corrected chi connectivity index (χ4v) is 2.33. The number of rotatable bonds is 4. The molecule has 0 aromatic carbocycles. The first-order valence-corrected chi connectivity index (χ1v) is 8.63. The lowest BCUT2D eigenvalue weighted by Crippen LogP contribution is -2.31. The Kier molecular flexibility index (Phi) is 4.32. The lowest BCUT2D eigenvalue weighted by atomic mass is 10.3. The predicted octanol–water partition coefficient (Wildman–Crippen LogP) is 1.26. The number of nitrogens with one attached hydrogen (secondary N) is 1. The summed E-state index contributed by atoms with van der Waals surface area (Å²) in [7, 11) is -3.42. The average molecular weight is 322 g/mol. The smallest absolute Gasteiger partial charge is 0.242 e. The van der Waals surface area contributed by atoms with Gasteiger partial charge in [0.2, 0.25) is 5.91 Å². The highest BCUT2D eigenvalue weighted by Crippen LogP contribution is 2.13. The Bertz CT molecular complexity index is 794. The summed E-state index contributed by atoms with van der Waals surface area (Å²) < 4.78 is 24.4. The first-order chi connectivity index (χ1) is 10.2. The summed E-state index contributed by atoms with van der Waals surface area (Å²) in [4.78, 5) is 16.1. The number of carbonyl (C=O) groups excluding carboxylic acids is 1. The van der Waals surface area contributed by atoms with Gasteiger partial charge in [-0.05, 0) is 39.0 Å². The molecule has 2 aromatic rings. The number of pyridine rings is 1. The quantitative estimate of drug-likeness (QED) is 0.914. The van der Waals surface area contributed by atoms with Gasteiger partial charge in [0.05, 0.1) is 17.6 Å². The number of amides is 1. The van der Waals surface area contributed by atoms with Crippen molar-refractivity contribution >= 4 is 21.4 Å². The van der Waals surface area contributed by atoms with E-state index in [1.54, 1.807) is 16.8 Å². The maximum atomic E-state index is 11.8. The second-order valence-corrected chi connectivity index (χ2v) is 7.57. The molecule has 0 saturated heterocycles. The zero-order chi connectivity index (χ0) is 16.5. The number of carbonyl (C=O) groups is 1. The van der Waals surface area contributed by atoms with Crippen molar-refractivity contribution in [2.24, 2.45) is 0 Å². The first kappa shape index (κ1) is 16.2. The summed E-state index contributed by atoms with van der Waals surface area (Å²) in [6.45, 7) is 5.16. The number of aromatic nitrogens is 3. The Hall–Kier alpha value is -2.22. The molecule has 2 heterocycles. The van der Waals surface area contributed by atoms with Crippen molar-refractivity contribution in [1.29, 1.82) is 0 Å². The van der Waals surface area contributed by atoms with Gasteiger partial charge >= 0.3 is 0 Å². The SMILES string of the molecule is Cc1cc(C)n(-c2ccc(NC(=O)C(C)S(C)(=O)=O)cn2)n1. The van der Waals surface area contributed by atoms with Crippen LogP contribution in [0.25, 0.3) is 5.82 Å².